The van der Waals surface area contributed by atoms with E-state index in [1.54, 1.807) is 6.92 Å². The Bertz CT molecular complexity index is 1620. The number of carbonyl (C=O) groups excluding carboxylic acids is 3. The van der Waals surface area contributed by atoms with Crippen molar-refractivity contribution >= 4 is 29.6 Å². The number of carbonyl (C=O) groups is 3. The largest absolute Gasteiger partial charge is 0.469 e. The van der Waals surface area contributed by atoms with Crippen LogP contribution in [0.3, 0.4) is 0 Å². The molecule has 2 aliphatic heterocycles. The summed E-state index contributed by atoms with van der Waals surface area (Å²) in [6.07, 6.45) is 16.3. The number of nitrogens with zero attached hydrogens (tertiary/aromatic N) is 6. The second-order valence-corrected chi connectivity index (χ2v) is 13.2. The lowest BCUT2D eigenvalue weighted by molar-refractivity contribution is -0.139. The summed E-state index contributed by atoms with van der Waals surface area (Å²) < 4.78 is 7.03. The van der Waals surface area contributed by atoms with E-state index in [2.05, 4.69) is 51.8 Å². The summed E-state index contributed by atoms with van der Waals surface area (Å²) >= 11 is 0. The molecule has 1 aliphatic carbocycles. The molecule has 2 unspecified atom stereocenters. The minimum atomic E-state index is -0.280. The third-order valence-electron chi connectivity index (χ3n) is 9.89. The van der Waals surface area contributed by atoms with Gasteiger partial charge in [-0.1, -0.05) is 48.6 Å². The van der Waals surface area contributed by atoms with Crippen LogP contribution in [0, 0.1) is 0 Å². The van der Waals surface area contributed by atoms with Crippen LogP contribution in [0.2, 0.25) is 0 Å². The number of methoxy groups -OCH3 is 1. The Morgan fingerprint density at radius 2 is 1.83 bits per heavy atom. The van der Waals surface area contributed by atoms with Crippen LogP contribution in [-0.2, 0) is 38.6 Å². The number of piperidine rings is 1. The van der Waals surface area contributed by atoms with Crippen LogP contribution in [0.5, 0.6) is 0 Å². The molecule has 258 valence electrons. The number of likely N-dealkylation sites (tertiary alicyclic amines) is 1. The zero-order valence-electron chi connectivity index (χ0n) is 28.9. The van der Waals surface area contributed by atoms with Gasteiger partial charge in [-0.15, -0.1) is 0 Å². The first kappa shape index (κ1) is 35.1. The van der Waals surface area contributed by atoms with E-state index in [1.165, 1.54) is 12.7 Å². The van der Waals surface area contributed by atoms with Gasteiger partial charge in [0.05, 0.1) is 37.8 Å². The molecule has 0 saturated carbocycles. The highest BCUT2D eigenvalue weighted by Gasteiger charge is 2.28. The summed E-state index contributed by atoms with van der Waals surface area (Å²) in [4.78, 5) is 50.6. The number of hydrogen-bond donors (Lipinski definition) is 1. The van der Waals surface area contributed by atoms with E-state index >= 15 is 0 Å². The van der Waals surface area contributed by atoms with Gasteiger partial charge in [-0.05, 0) is 57.3 Å². The van der Waals surface area contributed by atoms with E-state index in [-0.39, 0.29) is 36.3 Å². The molecule has 3 aliphatic rings. The number of amides is 2. The Hall–Kier alpha value is -4.22. The number of esters is 1. The highest BCUT2D eigenvalue weighted by Crippen LogP contribution is 2.23. The number of allylic oxidation sites excluding steroid dienone is 2. The molecule has 2 atom stereocenters. The monoisotopic (exact) mass is 657 g/mol. The van der Waals surface area contributed by atoms with Crippen molar-refractivity contribution in [1.82, 2.24) is 29.2 Å². The fourth-order valence-electron chi connectivity index (χ4n) is 7.01. The van der Waals surface area contributed by atoms with Crippen molar-refractivity contribution in [2.75, 3.05) is 46.9 Å². The van der Waals surface area contributed by atoms with Crippen molar-refractivity contribution in [3.05, 3.63) is 76.7 Å². The number of rotatable bonds is 14. The van der Waals surface area contributed by atoms with E-state index in [1.807, 2.05) is 47.4 Å². The van der Waals surface area contributed by atoms with Gasteiger partial charge in [-0.3, -0.25) is 19.3 Å². The van der Waals surface area contributed by atoms with E-state index < -0.39 is 0 Å². The number of aryl methyl sites for hydroxylation is 1. The van der Waals surface area contributed by atoms with Crippen LogP contribution < -0.4 is 16.4 Å². The average Bonchev–Trinajstić information content (AvgIpc) is 3.51. The fraction of sp³-hybridized carbons (Fsp3) is 0.514. The quantitative estimate of drug-likeness (QED) is 0.303. The van der Waals surface area contributed by atoms with Gasteiger partial charge in [0.1, 0.15) is 5.35 Å². The predicted molar refractivity (Wildman–Crippen MR) is 186 cm³/mol. The Balaban J connectivity index is 1.30. The van der Waals surface area contributed by atoms with E-state index in [9.17, 15) is 14.4 Å². The molecular weight excluding hydrogens is 606 g/mol. The molecule has 1 saturated heterocycles. The Kier molecular flexibility index (Phi) is 11.9. The fourth-order valence-corrected chi connectivity index (χ4v) is 7.01. The van der Waals surface area contributed by atoms with Gasteiger partial charge in [-0.2, -0.15) is 0 Å². The van der Waals surface area contributed by atoms with Gasteiger partial charge < -0.3 is 29.7 Å². The summed E-state index contributed by atoms with van der Waals surface area (Å²) in [6, 6.07) is 8.51. The molecular formula is C37H51N7O4. The number of imidazole rings is 1. The van der Waals surface area contributed by atoms with Crippen molar-refractivity contribution in [3.8, 4) is 0 Å². The first-order valence-corrected chi connectivity index (χ1v) is 17.2. The summed E-state index contributed by atoms with van der Waals surface area (Å²) in [5.41, 5.74) is 9.01. The second kappa shape index (κ2) is 16.3. The molecule has 1 aromatic carbocycles. The minimum absolute atomic E-state index is 0.0745. The van der Waals surface area contributed by atoms with Gasteiger partial charge in [0.15, 0.2) is 0 Å². The molecule has 2 N–H and O–H groups in total. The van der Waals surface area contributed by atoms with E-state index in [0.29, 0.717) is 32.2 Å². The lowest BCUT2D eigenvalue weighted by atomic mass is 9.96. The maximum absolute atomic E-state index is 13.9. The Labute approximate surface area is 284 Å². The number of hydrogen-bond acceptors (Lipinski definition) is 8. The van der Waals surface area contributed by atoms with Gasteiger partial charge in [0.25, 0.3) is 0 Å². The summed E-state index contributed by atoms with van der Waals surface area (Å²) in [5.74, 6) is -0.0974. The minimum Gasteiger partial charge on any atom is -0.469 e. The number of benzene rings is 1. The Morgan fingerprint density at radius 1 is 1.10 bits per heavy atom. The van der Waals surface area contributed by atoms with Gasteiger partial charge in [-0.25, -0.2) is 4.98 Å². The number of aromatic nitrogens is 2. The number of ether oxygens (including phenoxy) is 1. The molecule has 2 aromatic rings. The zero-order valence-corrected chi connectivity index (χ0v) is 28.9. The molecule has 0 radical (unpaired) electrons. The molecule has 3 heterocycles. The van der Waals surface area contributed by atoms with Gasteiger partial charge in [0.2, 0.25) is 11.8 Å². The van der Waals surface area contributed by atoms with Crippen molar-refractivity contribution in [1.29, 1.82) is 0 Å². The molecule has 1 fully saturated rings. The lowest BCUT2D eigenvalue weighted by Crippen LogP contribution is -2.49. The summed E-state index contributed by atoms with van der Waals surface area (Å²) in [5, 5.41) is 2.09. The topological polar surface area (TPSA) is 117 Å². The summed E-state index contributed by atoms with van der Waals surface area (Å²) in [7, 11) is 3.40. The smallest absolute Gasteiger partial charge is 0.309 e. The zero-order chi connectivity index (χ0) is 34.2. The van der Waals surface area contributed by atoms with Crippen molar-refractivity contribution in [2.45, 2.75) is 77.2 Å². The van der Waals surface area contributed by atoms with Crippen molar-refractivity contribution in [3.63, 3.8) is 0 Å². The number of likely N-dealkylation sites (N-methyl/N-ethyl adjacent to an activating group) is 1. The first-order valence-electron chi connectivity index (χ1n) is 17.2. The van der Waals surface area contributed by atoms with Gasteiger partial charge >= 0.3 is 5.97 Å². The van der Waals surface area contributed by atoms with Crippen LogP contribution in [0.1, 0.15) is 50.7 Å². The number of nitrogens with two attached hydrogens (primary N) is 1. The Morgan fingerprint density at radius 3 is 2.52 bits per heavy atom. The average molecular weight is 658 g/mol. The molecule has 5 rings (SSSR count). The first-order chi connectivity index (χ1) is 23.2. The summed E-state index contributed by atoms with van der Waals surface area (Å²) in [6.45, 7) is 8.01. The third-order valence-corrected chi connectivity index (χ3v) is 9.89. The molecule has 0 spiro atoms. The van der Waals surface area contributed by atoms with Crippen LogP contribution in [0.4, 0.5) is 0 Å². The molecule has 11 heteroatoms. The van der Waals surface area contributed by atoms with Crippen LogP contribution in [0.15, 0.2) is 54.9 Å². The highest BCUT2D eigenvalue weighted by molar-refractivity contribution is 5.78. The van der Waals surface area contributed by atoms with Crippen LogP contribution >= 0.6 is 0 Å². The van der Waals surface area contributed by atoms with E-state index in [4.69, 9.17) is 15.5 Å². The maximum Gasteiger partial charge on any atom is 0.309 e. The maximum atomic E-state index is 13.9. The second-order valence-electron chi connectivity index (χ2n) is 13.2. The molecule has 11 nitrogen and oxygen atoms in total. The highest BCUT2D eigenvalue weighted by atomic mass is 16.5. The molecule has 1 aromatic heterocycles. The normalized spacial score (nSPS) is 18.0. The molecule has 2 amide bonds. The predicted octanol–water partition coefficient (Wildman–Crippen LogP) is 1.40. The number of fused-ring (bicyclic) bond motifs is 2. The van der Waals surface area contributed by atoms with Crippen molar-refractivity contribution in [2.24, 2.45) is 5.73 Å². The molecule has 48 heavy (non-hydrogen) atoms. The van der Waals surface area contributed by atoms with Gasteiger partial charge in [0, 0.05) is 63.5 Å². The lowest BCUT2D eigenvalue weighted by Gasteiger charge is -2.37. The molecule has 0 bridgehead atoms. The SMILES string of the molecule is COC(=O)Cc1ccc(CN(CCCn2cnc3c2=C2C=CC=CC2N(C(C)CCN)C=3)C(=O)CN(C)C2CCN(C(C)=O)CC2)cc1. The van der Waals surface area contributed by atoms with Crippen molar-refractivity contribution < 1.29 is 19.1 Å². The van der Waals surface area contributed by atoms with Crippen LogP contribution in [0.25, 0.3) is 11.8 Å². The van der Waals surface area contributed by atoms with E-state index in [0.717, 1.165) is 67.1 Å². The standard InChI is InChI=1S/C37H51N7O4/c1-27(14-17-38)44-24-33-37(32-8-5-6-9-34(32)44)43(26-39-33)19-7-18-42(23-30-12-10-29(11-13-30)22-36(47)48-4)35(46)25-40(3)31-15-20-41(21-16-31)28(2)45/h5-6,8-13,24,26-27,31,34H,7,14-23,25,38H2,1-4H3. The van der Waals surface area contributed by atoms with Crippen LogP contribution in [-0.4, -0.2) is 112 Å². The third kappa shape index (κ3) is 8.43.